The Morgan fingerprint density at radius 1 is 0.935 bits per heavy atom. The highest BCUT2D eigenvalue weighted by molar-refractivity contribution is 5.79. The van der Waals surface area contributed by atoms with Gasteiger partial charge in [-0.3, -0.25) is 9.69 Å². The maximum atomic E-state index is 12.3. The van der Waals surface area contributed by atoms with Crippen LogP contribution in [0, 0.1) is 0 Å². The molecule has 31 heavy (non-hydrogen) atoms. The van der Waals surface area contributed by atoms with E-state index in [2.05, 4.69) is 57.6 Å². The van der Waals surface area contributed by atoms with Crippen LogP contribution in [0.15, 0.2) is 54.6 Å². The van der Waals surface area contributed by atoms with Gasteiger partial charge in [0.25, 0.3) is 0 Å². The molecule has 2 aliphatic heterocycles. The summed E-state index contributed by atoms with van der Waals surface area (Å²) < 4.78 is 6.17. The molecule has 0 saturated carbocycles. The number of amides is 1. The van der Waals surface area contributed by atoms with E-state index in [1.807, 2.05) is 12.1 Å². The third kappa shape index (κ3) is 6.81. The summed E-state index contributed by atoms with van der Waals surface area (Å²) in [6, 6.07) is 18.8. The number of rotatable bonds is 9. The Morgan fingerprint density at radius 3 is 2.55 bits per heavy atom. The average molecular weight is 422 g/mol. The molecule has 4 rings (SSSR count). The molecule has 166 valence electrons. The van der Waals surface area contributed by atoms with Crippen molar-refractivity contribution in [2.75, 3.05) is 39.3 Å². The van der Waals surface area contributed by atoms with Crippen LogP contribution in [0.3, 0.4) is 0 Å². The maximum absolute atomic E-state index is 12.3. The van der Waals surface area contributed by atoms with Gasteiger partial charge in [0.1, 0.15) is 5.75 Å². The SMILES string of the molecule is O=C1CN(Cc2ccccc2OCCCN2CCCCC2)C[C@H](Cc2ccccc2)N1. The fourth-order valence-electron chi connectivity index (χ4n) is 4.70. The van der Waals surface area contributed by atoms with Gasteiger partial charge in [-0.25, -0.2) is 0 Å². The average Bonchev–Trinajstić information content (AvgIpc) is 2.79. The summed E-state index contributed by atoms with van der Waals surface area (Å²) in [6.07, 6.45) is 5.95. The number of nitrogens with zero attached hydrogens (tertiary/aromatic N) is 2. The van der Waals surface area contributed by atoms with Crippen LogP contribution in [0.1, 0.15) is 36.8 Å². The molecule has 5 heteroatoms. The van der Waals surface area contributed by atoms with Gasteiger partial charge >= 0.3 is 0 Å². The van der Waals surface area contributed by atoms with Crippen molar-refractivity contribution < 1.29 is 9.53 Å². The third-order valence-corrected chi connectivity index (χ3v) is 6.23. The van der Waals surface area contributed by atoms with E-state index in [4.69, 9.17) is 4.74 Å². The molecule has 0 aliphatic carbocycles. The highest BCUT2D eigenvalue weighted by Crippen LogP contribution is 2.21. The van der Waals surface area contributed by atoms with Gasteiger partial charge < -0.3 is 15.0 Å². The molecular weight excluding hydrogens is 386 g/mol. The lowest BCUT2D eigenvalue weighted by molar-refractivity contribution is -0.125. The first-order chi connectivity index (χ1) is 15.3. The largest absolute Gasteiger partial charge is 0.493 e. The lowest BCUT2D eigenvalue weighted by atomic mass is 10.0. The van der Waals surface area contributed by atoms with Crippen molar-refractivity contribution in [3.05, 3.63) is 65.7 Å². The number of para-hydroxylation sites is 1. The predicted octanol–water partition coefficient (Wildman–Crippen LogP) is 3.48. The van der Waals surface area contributed by atoms with Crippen LogP contribution < -0.4 is 10.1 Å². The van der Waals surface area contributed by atoms with Crippen molar-refractivity contribution in [2.24, 2.45) is 0 Å². The van der Waals surface area contributed by atoms with Gasteiger partial charge in [0, 0.05) is 31.2 Å². The van der Waals surface area contributed by atoms with E-state index in [1.54, 1.807) is 0 Å². The van der Waals surface area contributed by atoms with Crippen molar-refractivity contribution in [3.8, 4) is 5.75 Å². The number of hydrogen-bond donors (Lipinski definition) is 1. The molecule has 0 unspecified atom stereocenters. The molecule has 2 heterocycles. The second-order valence-corrected chi connectivity index (χ2v) is 8.84. The van der Waals surface area contributed by atoms with Crippen molar-refractivity contribution in [1.82, 2.24) is 15.1 Å². The normalized spacial score (nSPS) is 20.4. The molecule has 1 atom stereocenters. The highest BCUT2D eigenvalue weighted by Gasteiger charge is 2.25. The van der Waals surface area contributed by atoms with E-state index in [0.29, 0.717) is 6.54 Å². The van der Waals surface area contributed by atoms with Crippen LogP contribution in [-0.2, 0) is 17.8 Å². The van der Waals surface area contributed by atoms with E-state index in [1.165, 1.54) is 37.9 Å². The van der Waals surface area contributed by atoms with Crippen LogP contribution in [0.5, 0.6) is 5.75 Å². The van der Waals surface area contributed by atoms with E-state index in [0.717, 1.165) is 50.4 Å². The first-order valence-electron chi connectivity index (χ1n) is 11.7. The zero-order chi connectivity index (χ0) is 21.3. The molecule has 0 aromatic heterocycles. The fraction of sp³-hybridized carbons (Fsp3) is 0.500. The van der Waals surface area contributed by atoms with Crippen molar-refractivity contribution in [3.63, 3.8) is 0 Å². The zero-order valence-electron chi connectivity index (χ0n) is 18.5. The van der Waals surface area contributed by atoms with E-state index < -0.39 is 0 Å². The Labute approximate surface area is 186 Å². The number of piperazine rings is 1. The second-order valence-electron chi connectivity index (χ2n) is 8.84. The Balaban J connectivity index is 1.29. The molecule has 2 fully saturated rings. The van der Waals surface area contributed by atoms with Crippen LogP contribution in [-0.4, -0.2) is 61.1 Å². The molecule has 1 amide bonds. The van der Waals surface area contributed by atoms with E-state index in [9.17, 15) is 4.79 Å². The lowest BCUT2D eigenvalue weighted by Gasteiger charge is -2.33. The standard InChI is InChI=1S/C26H35N3O2/c30-26-21-29(20-24(27-26)18-22-10-3-1-4-11-22)19-23-12-5-6-13-25(23)31-17-9-16-28-14-7-2-8-15-28/h1,3-6,10-13,24H,2,7-9,14-21H2,(H,27,30)/t24-/m0/s1. The minimum absolute atomic E-state index is 0.104. The molecule has 0 spiro atoms. The maximum Gasteiger partial charge on any atom is 0.234 e. The predicted molar refractivity (Wildman–Crippen MR) is 124 cm³/mol. The van der Waals surface area contributed by atoms with Crippen LogP contribution in [0.25, 0.3) is 0 Å². The van der Waals surface area contributed by atoms with E-state index in [-0.39, 0.29) is 11.9 Å². The van der Waals surface area contributed by atoms with Gasteiger partial charge in [-0.05, 0) is 50.4 Å². The third-order valence-electron chi connectivity index (χ3n) is 6.23. The first kappa shape index (κ1) is 21.8. The second kappa shape index (κ2) is 11.3. The van der Waals surface area contributed by atoms with Crippen molar-refractivity contribution in [2.45, 2.75) is 44.7 Å². The highest BCUT2D eigenvalue weighted by atomic mass is 16.5. The molecule has 5 nitrogen and oxygen atoms in total. The fourth-order valence-corrected chi connectivity index (χ4v) is 4.70. The van der Waals surface area contributed by atoms with Gasteiger partial charge in [0.05, 0.1) is 13.2 Å². The quantitative estimate of drug-likeness (QED) is 0.630. The van der Waals surface area contributed by atoms with Crippen molar-refractivity contribution in [1.29, 1.82) is 0 Å². The number of piperidine rings is 1. The lowest BCUT2D eigenvalue weighted by Crippen LogP contribution is -2.54. The minimum Gasteiger partial charge on any atom is -0.493 e. The zero-order valence-corrected chi connectivity index (χ0v) is 18.5. The Bertz CT molecular complexity index is 820. The summed E-state index contributed by atoms with van der Waals surface area (Å²) in [7, 11) is 0. The molecule has 2 saturated heterocycles. The molecule has 0 radical (unpaired) electrons. The monoisotopic (exact) mass is 421 g/mol. The number of hydrogen-bond acceptors (Lipinski definition) is 4. The molecule has 1 N–H and O–H groups in total. The first-order valence-corrected chi connectivity index (χ1v) is 11.7. The molecule has 2 aromatic carbocycles. The Kier molecular flexibility index (Phi) is 7.97. The molecule has 2 aliphatic rings. The summed E-state index contributed by atoms with van der Waals surface area (Å²) in [6.45, 7) is 6.36. The number of carbonyl (C=O) groups is 1. The number of nitrogens with one attached hydrogen (secondary N) is 1. The number of ether oxygens (including phenoxy) is 1. The van der Waals surface area contributed by atoms with Crippen molar-refractivity contribution >= 4 is 5.91 Å². The smallest absolute Gasteiger partial charge is 0.234 e. The number of likely N-dealkylation sites (tertiary alicyclic amines) is 1. The van der Waals surface area contributed by atoms with Gasteiger partial charge in [-0.1, -0.05) is 55.0 Å². The Morgan fingerprint density at radius 2 is 1.71 bits per heavy atom. The summed E-state index contributed by atoms with van der Waals surface area (Å²) in [5, 5.41) is 3.15. The molecular formula is C26H35N3O2. The topological polar surface area (TPSA) is 44.8 Å². The van der Waals surface area contributed by atoms with Gasteiger partial charge in [-0.2, -0.15) is 0 Å². The Hall–Kier alpha value is -2.37. The summed E-state index contributed by atoms with van der Waals surface area (Å²) in [5.74, 6) is 1.05. The number of benzene rings is 2. The van der Waals surface area contributed by atoms with Gasteiger partial charge in [0.2, 0.25) is 5.91 Å². The molecule has 2 aromatic rings. The van der Waals surface area contributed by atoms with Crippen LogP contribution in [0.2, 0.25) is 0 Å². The summed E-state index contributed by atoms with van der Waals surface area (Å²) in [5.41, 5.74) is 2.42. The van der Waals surface area contributed by atoms with Gasteiger partial charge in [0.15, 0.2) is 0 Å². The van der Waals surface area contributed by atoms with Crippen LogP contribution >= 0.6 is 0 Å². The summed E-state index contributed by atoms with van der Waals surface area (Å²) in [4.78, 5) is 17.1. The van der Waals surface area contributed by atoms with Crippen LogP contribution in [0.4, 0.5) is 0 Å². The minimum atomic E-state index is 0.104. The van der Waals surface area contributed by atoms with Gasteiger partial charge in [-0.15, -0.1) is 0 Å². The molecule has 0 bridgehead atoms. The summed E-state index contributed by atoms with van der Waals surface area (Å²) >= 11 is 0. The number of carbonyl (C=O) groups excluding carboxylic acids is 1. The van der Waals surface area contributed by atoms with E-state index >= 15 is 0 Å².